The van der Waals surface area contributed by atoms with Gasteiger partial charge in [-0.2, -0.15) is 0 Å². The van der Waals surface area contributed by atoms with Crippen molar-refractivity contribution in [3.05, 3.63) is 0 Å². The number of rotatable bonds is 4. The number of aliphatic hydroxyl groups excluding tert-OH is 1. The Bertz CT molecular complexity index is 1120. The van der Waals surface area contributed by atoms with Crippen molar-refractivity contribution in [1.29, 1.82) is 0 Å². The Kier molecular flexibility index (Phi) is 6.40. The lowest BCUT2D eigenvalue weighted by Crippen LogP contribution is -2.60. The molecular weight excluding hydrogens is 522 g/mol. The number of primary amides is 1. The Morgan fingerprint density at radius 1 is 1.02 bits per heavy atom. The fourth-order valence-corrected chi connectivity index (χ4v) is 12.7. The molecule has 5 aliphatic carbocycles. The summed E-state index contributed by atoms with van der Waals surface area (Å²) >= 11 is 0. The van der Waals surface area contributed by atoms with Gasteiger partial charge in [-0.25, -0.2) is 4.79 Å². The van der Waals surface area contributed by atoms with Gasteiger partial charge in [0.2, 0.25) is 0 Å². The van der Waals surface area contributed by atoms with Gasteiger partial charge in [0.05, 0.1) is 23.9 Å². The standard InChI is InChI=1S/C33H53NO7/c1-17-15-19(25(29(5,6)38)39-18(2)35)40-24-23(17)30(7)13-14-33-16-32(33)12-11-22(36)28(3,4)20(32)9-10-21(33)31(30,8)26(24)41-27(34)37/h17,19-26,36,38H,9-16H2,1-8H3,(H2,34,37)/t17-,19?,20+,21?,22?,23+,24?,25+,26+,30-,31-,32-,33+/m1/s1. The van der Waals surface area contributed by atoms with Crippen LogP contribution in [0.3, 0.4) is 0 Å². The van der Waals surface area contributed by atoms with Gasteiger partial charge in [-0.05, 0) is 111 Å². The third-order valence-corrected chi connectivity index (χ3v) is 14.3. The van der Waals surface area contributed by atoms with E-state index in [-0.39, 0.29) is 45.0 Å². The maximum atomic E-state index is 12.6. The van der Waals surface area contributed by atoms with Crippen molar-refractivity contribution in [2.75, 3.05) is 0 Å². The lowest BCUT2D eigenvalue weighted by molar-refractivity contribution is -0.216. The second kappa shape index (κ2) is 8.84. The molecule has 1 heterocycles. The molecule has 232 valence electrons. The first kappa shape index (κ1) is 29.7. The van der Waals surface area contributed by atoms with Gasteiger partial charge in [-0.3, -0.25) is 4.79 Å². The summed E-state index contributed by atoms with van der Waals surface area (Å²) in [5.41, 5.74) is 4.33. The van der Waals surface area contributed by atoms with E-state index in [9.17, 15) is 19.8 Å². The number of fused-ring (bicyclic) bond motifs is 4. The molecule has 4 unspecified atom stereocenters. The molecule has 1 saturated heterocycles. The van der Waals surface area contributed by atoms with Crippen molar-refractivity contribution < 1.29 is 34.0 Å². The first-order valence-electron chi connectivity index (χ1n) is 16.1. The van der Waals surface area contributed by atoms with Crippen molar-refractivity contribution >= 4 is 12.1 Å². The molecule has 8 nitrogen and oxygen atoms in total. The van der Waals surface area contributed by atoms with Crippen LogP contribution >= 0.6 is 0 Å². The highest BCUT2D eigenvalue weighted by atomic mass is 16.6. The van der Waals surface area contributed by atoms with Crippen LogP contribution in [0.1, 0.15) is 107 Å². The third kappa shape index (κ3) is 3.68. The normalized spacial score (nSPS) is 52.0. The summed E-state index contributed by atoms with van der Waals surface area (Å²) < 4.78 is 18.7. The topological polar surface area (TPSA) is 128 Å². The number of carbonyl (C=O) groups excluding carboxylic acids is 2. The van der Waals surface area contributed by atoms with Gasteiger partial charge < -0.3 is 30.2 Å². The predicted molar refractivity (Wildman–Crippen MR) is 152 cm³/mol. The van der Waals surface area contributed by atoms with E-state index in [1.54, 1.807) is 13.8 Å². The molecule has 0 aromatic heterocycles. The Hall–Kier alpha value is -1.38. The van der Waals surface area contributed by atoms with Crippen LogP contribution in [0.2, 0.25) is 0 Å². The van der Waals surface area contributed by atoms with E-state index in [4.69, 9.17) is 19.9 Å². The highest BCUT2D eigenvalue weighted by molar-refractivity contribution is 5.66. The quantitative estimate of drug-likeness (QED) is 0.404. The van der Waals surface area contributed by atoms with Crippen molar-refractivity contribution in [3.63, 3.8) is 0 Å². The number of amides is 1. The van der Waals surface area contributed by atoms with Gasteiger partial charge in [-0.15, -0.1) is 0 Å². The summed E-state index contributed by atoms with van der Waals surface area (Å²) in [5.74, 6) is 0.740. The number of ether oxygens (including phenoxy) is 3. The van der Waals surface area contributed by atoms with Crippen molar-refractivity contribution in [1.82, 2.24) is 0 Å². The van der Waals surface area contributed by atoms with Crippen LogP contribution in [0.5, 0.6) is 0 Å². The van der Waals surface area contributed by atoms with E-state index >= 15 is 0 Å². The molecule has 8 heteroatoms. The van der Waals surface area contributed by atoms with Crippen molar-refractivity contribution in [2.45, 2.75) is 143 Å². The molecule has 0 aromatic carbocycles. The van der Waals surface area contributed by atoms with E-state index in [1.807, 2.05) is 0 Å². The molecule has 0 aromatic rings. The molecule has 1 aliphatic heterocycles. The largest absolute Gasteiger partial charge is 0.457 e. The van der Waals surface area contributed by atoms with Gasteiger partial charge in [-0.1, -0.05) is 34.6 Å². The van der Waals surface area contributed by atoms with E-state index in [0.717, 1.165) is 38.5 Å². The van der Waals surface area contributed by atoms with Crippen LogP contribution in [-0.4, -0.2) is 58.4 Å². The average molecular weight is 576 g/mol. The van der Waals surface area contributed by atoms with Gasteiger partial charge in [0, 0.05) is 12.3 Å². The monoisotopic (exact) mass is 575 g/mol. The van der Waals surface area contributed by atoms with Crippen LogP contribution in [0.25, 0.3) is 0 Å². The van der Waals surface area contributed by atoms with Crippen LogP contribution in [0, 0.1) is 50.7 Å². The maximum absolute atomic E-state index is 12.6. The minimum atomic E-state index is -1.30. The Labute approximate surface area is 245 Å². The Morgan fingerprint density at radius 3 is 2.27 bits per heavy atom. The van der Waals surface area contributed by atoms with Gasteiger partial charge in [0.1, 0.15) is 6.10 Å². The minimum absolute atomic E-state index is 0.102. The lowest BCUT2D eigenvalue weighted by atomic mass is 9.41. The zero-order chi connectivity index (χ0) is 30.1. The molecule has 6 aliphatic rings. The van der Waals surface area contributed by atoms with Crippen molar-refractivity contribution in [3.8, 4) is 0 Å². The molecule has 4 N–H and O–H groups in total. The summed E-state index contributed by atoms with van der Waals surface area (Å²) in [6, 6.07) is 0. The molecule has 1 amide bonds. The zero-order valence-corrected chi connectivity index (χ0v) is 26.4. The van der Waals surface area contributed by atoms with Gasteiger partial charge >= 0.3 is 12.1 Å². The van der Waals surface area contributed by atoms with E-state index in [2.05, 4.69) is 34.6 Å². The Morgan fingerprint density at radius 2 is 1.66 bits per heavy atom. The molecule has 0 radical (unpaired) electrons. The second-order valence-electron chi connectivity index (χ2n) is 16.7. The van der Waals surface area contributed by atoms with E-state index in [1.165, 1.54) is 13.3 Å². The summed E-state index contributed by atoms with van der Waals surface area (Å²) in [5, 5.41) is 22.0. The summed E-state index contributed by atoms with van der Waals surface area (Å²) in [7, 11) is 0. The second-order valence-corrected chi connectivity index (χ2v) is 16.7. The molecule has 13 atom stereocenters. The van der Waals surface area contributed by atoms with E-state index in [0.29, 0.717) is 18.3 Å². The zero-order valence-electron chi connectivity index (χ0n) is 26.4. The number of nitrogens with two attached hydrogens (primary N) is 1. The molecule has 41 heavy (non-hydrogen) atoms. The molecule has 2 spiro atoms. The van der Waals surface area contributed by atoms with Crippen LogP contribution in [-0.2, 0) is 19.0 Å². The van der Waals surface area contributed by atoms with Gasteiger partial charge in [0.25, 0.3) is 0 Å². The van der Waals surface area contributed by atoms with Crippen LogP contribution < -0.4 is 5.73 Å². The molecule has 6 rings (SSSR count). The fraction of sp³-hybridized carbons (Fsp3) is 0.939. The smallest absolute Gasteiger partial charge is 0.404 e. The molecule has 6 fully saturated rings. The number of aliphatic hydroxyl groups is 2. The van der Waals surface area contributed by atoms with Crippen molar-refractivity contribution in [2.24, 2.45) is 56.5 Å². The predicted octanol–water partition coefficient (Wildman–Crippen LogP) is 4.97. The van der Waals surface area contributed by atoms with Crippen LogP contribution in [0.4, 0.5) is 4.79 Å². The number of hydrogen-bond donors (Lipinski definition) is 3. The first-order chi connectivity index (χ1) is 18.9. The summed E-state index contributed by atoms with van der Waals surface area (Å²) in [4.78, 5) is 24.6. The average Bonchev–Trinajstić information content (AvgIpc) is 3.48. The number of carbonyl (C=O) groups is 2. The molecular formula is C33H53NO7. The molecule has 0 bridgehead atoms. The summed E-state index contributed by atoms with van der Waals surface area (Å²) in [6.07, 6.45) is 4.75. The maximum Gasteiger partial charge on any atom is 0.404 e. The summed E-state index contributed by atoms with van der Waals surface area (Å²) in [6.45, 7) is 16.2. The fourth-order valence-electron chi connectivity index (χ4n) is 12.7. The van der Waals surface area contributed by atoms with Gasteiger partial charge in [0.15, 0.2) is 6.10 Å². The van der Waals surface area contributed by atoms with E-state index < -0.39 is 42.1 Å². The number of esters is 1. The first-order valence-corrected chi connectivity index (χ1v) is 16.1. The highest BCUT2D eigenvalue weighted by Gasteiger charge is 2.85. The highest BCUT2D eigenvalue weighted by Crippen LogP contribution is 2.89. The van der Waals surface area contributed by atoms with Crippen LogP contribution in [0.15, 0.2) is 0 Å². The third-order valence-electron chi connectivity index (χ3n) is 14.3. The minimum Gasteiger partial charge on any atom is -0.457 e. The SMILES string of the molecule is CC(=O)O[C@@H](C1C[C@@H](C)[C@H]2C(O1)[C@H](OC(N)=O)[C@@]1(C)C3CC[C@H]4C(C)(C)C(O)CC[C@@]45C[C@@]35CC[C@]21C)C(C)(C)O. The lowest BCUT2D eigenvalue weighted by Gasteiger charge is -2.63. The molecule has 5 saturated carbocycles. The number of hydrogen-bond acceptors (Lipinski definition) is 7. The Balaban J connectivity index is 1.41.